The maximum atomic E-state index is 3.72. The van der Waals surface area contributed by atoms with Crippen molar-refractivity contribution in [1.82, 2.24) is 5.32 Å². The summed E-state index contributed by atoms with van der Waals surface area (Å²) in [6, 6.07) is 6.75. The van der Waals surface area contributed by atoms with Crippen molar-refractivity contribution in [3.8, 4) is 0 Å². The van der Waals surface area contributed by atoms with E-state index in [1.165, 1.54) is 41.7 Å². The van der Waals surface area contributed by atoms with Crippen LogP contribution in [0.4, 0.5) is 5.69 Å². The zero-order chi connectivity index (χ0) is 13.0. The second-order valence-corrected chi connectivity index (χ2v) is 6.16. The first kappa shape index (κ1) is 13.9. The van der Waals surface area contributed by atoms with Gasteiger partial charge in [-0.1, -0.05) is 19.9 Å². The predicted molar refractivity (Wildman–Crippen MR) is 82.1 cm³/mol. The van der Waals surface area contributed by atoms with E-state index in [-0.39, 0.29) is 0 Å². The van der Waals surface area contributed by atoms with Crippen molar-refractivity contribution in [3.63, 3.8) is 0 Å². The fraction of sp³-hybridized carbons (Fsp3) is 0.600. The summed E-state index contributed by atoms with van der Waals surface area (Å²) in [5, 5.41) is 3.44. The molecule has 1 aromatic rings. The molecule has 1 fully saturated rings. The number of anilines is 1. The number of halogens is 1. The normalized spacial score (nSPS) is 19.5. The quantitative estimate of drug-likeness (QED) is 0.832. The smallest absolute Gasteiger partial charge is 0.0510 e. The third-order valence-corrected chi connectivity index (χ3v) is 4.17. The molecule has 1 atom stereocenters. The monoisotopic (exact) mass is 310 g/mol. The van der Waals surface area contributed by atoms with Crippen LogP contribution >= 0.6 is 15.9 Å². The van der Waals surface area contributed by atoms with Crippen molar-refractivity contribution in [3.05, 3.63) is 28.2 Å². The van der Waals surface area contributed by atoms with E-state index in [1.807, 2.05) is 0 Å². The summed E-state index contributed by atoms with van der Waals surface area (Å²) in [5.41, 5.74) is 2.70. The van der Waals surface area contributed by atoms with Crippen LogP contribution in [0.25, 0.3) is 0 Å². The number of benzene rings is 1. The largest absolute Gasteiger partial charge is 0.370 e. The maximum Gasteiger partial charge on any atom is 0.0510 e. The molecule has 1 saturated heterocycles. The Morgan fingerprint density at radius 2 is 2.28 bits per heavy atom. The number of nitrogens with zero attached hydrogens (tertiary/aromatic N) is 1. The molecule has 1 aliphatic rings. The van der Waals surface area contributed by atoms with E-state index in [2.05, 4.69) is 58.2 Å². The SMILES string of the molecule is CCCNCc1ccc(N2CCC(C)C2)c(Br)c1. The molecule has 0 radical (unpaired) electrons. The molecule has 0 saturated carbocycles. The van der Waals surface area contributed by atoms with Crippen molar-refractivity contribution in [2.45, 2.75) is 33.2 Å². The minimum Gasteiger partial charge on any atom is -0.370 e. The van der Waals surface area contributed by atoms with Crippen LogP contribution in [0.5, 0.6) is 0 Å². The second-order valence-electron chi connectivity index (χ2n) is 5.30. The van der Waals surface area contributed by atoms with Crippen LogP contribution in [-0.4, -0.2) is 19.6 Å². The first-order valence-electron chi connectivity index (χ1n) is 6.94. The van der Waals surface area contributed by atoms with Crippen molar-refractivity contribution >= 4 is 21.6 Å². The van der Waals surface area contributed by atoms with Crippen molar-refractivity contribution in [1.29, 1.82) is 0 Å². The van der Waals surface area contributed by atoms with Crippen molar-refractivity contribution in [2.75, 3.05) is 24.5 Å². The van der Waals surface area contributed by atoms with E-state index in [1.54, 1.807) is 0 Å². The Morgan fingerprint density at radius 3 is 2.89 bits per heavy atom. The van der Waals surface area contributed by atoms with Gasteiger partial charge in [0.05, 0.1) is 5.69 Å². The fourth-order valence-electron chi connectivity index (χ4n) is 2.48. The van der Waals surface area contributed by atoms with Gasteiger partial charge in [-0.25, -0.2) is 0 Å². The number of hydrogen-bond donors (Lipinski definition) is 1. The minimum absolute atomic E-state index is 0.822. The maximum absolute atomic E-state index is 3.72. The van der Waals surface area contributed by atoms with Crippen LogP contribution in [0.1, 0.15) is 32.3 Å². The Morgan fingerprint density at radius 1 is 1.44 bits per heavy atom. The molecule has 0 bridgehead atoms. The average Bonchev–Trinajstić information content (AvgIpc) is 2.76. The van der Waals surface area contributed by atoms with Gasteiger partial charge in [0.1, 0.15) is 0 Å². The molecule has 3 heteroatoms. The van der Waals surface area contributed by atoms with Gasteiger partial charge in [0.2, 0.25) is 0 Å². The summed E-state index contributed by atoms with van der Waals surface area (Å²) < 4.78 is 1.23. The molecule has 1 aliphatic heterocycles. The van der Waals surface area contributed by atoms with E-state index >= 15 is 0 Å². The minimum atomic E-state index is 0.822. The topological polar surface area (TPSA) is 15.3 Å². The van der Waals surface area contributed by atoms with Gasteiger partial charge in [0.25, 0.3) is 0 Å². The highest BCUT2D eigenvalue weighted by atomic mass is 79.9. The summed E-state index contributed by atoms with van der Waals surface area (Å²) >= 11 is 3.72. The molecule has 1 heterocycles. The second kappa shape index (κ2) is 6.58. The van der Waals surface area contributed by atoms with Gasteiger partial charge >= 0.3 is 0 Å². The molecule has 2 nitrogen and oxygen atoms in total. The molecule has 18 heavy (non-hydrogen) atoms. The first-order valence-corrected chi connectivity index (χ1v) is 7.74. The molecule has 0 spiro atoms. The van der Waals surface area contributed by atoms with Gasteiger partial charge in [0.15, 0.2) is 0 Å². The zero-order valence-corrected chi connectivity index (χ0v) is 13.0. The predicted octanol–water partition coefficient (Wildman–Crippen LogP) is 3.79. The van der Waals surface area contributed by atoms with Crippen LogP contribution in [0.2, 0.25) is 0 Å². The van der Waals surface area contributed by atoms with E-state index < -0.39 is 0 Å². The highest BCUT2D eigenvalue weighted by molar-refractivity contribution is 9.10. The molecule has 100 valence electrons. The number of rotatable bonds is 5. The highest BCUT2D eigenvalue weighted by Crippen LogP contribution is 2.31. The van der Waals surface area contributed by atoms with Gasteiger partial charge in [0, 0.05) is 24.1 Å². The van der Waals surface area contributed by atoms with Crippen LogP contribution in [0, 0.1) is 5.92 Å². The van der Waals surface area contributed by atoms with Crippen LogP contribution < -0.4 is 10.2 Å². The lowest BCUT2D eigenvalue weighted by molar-refractivity contribution is 0.659. The lowest BCUT2D eigenvalue weighted by Crippen LogP contribution is -2.20. The third-order valence-electron chi connectivity index (χ3n) is 3.53. The highest BCUT2D eigenvalue weighted by Gasteiger charge is 2.20. The Bertz CT molecular complexity index is 392. The van der Waals surface area contributed by atoms with Gasteiger partial charge in [-0.15, -0.1) is 0 Å². The van der Waals surface area contributed by atoms with Crippen LogP contribution in [0.3, 0.4) is 0 Å². The van der Waals surface area contributed by atoms with Gasteiger partial charge in [-0.3, -0.25) is 0 Å². The van der Waals surface area contributed by atoms with E-state index in [0.717, 1.165) is 19.0 Å². The van der Waals surface area contributed by atoms with E-state index in [0.29, 0.717) is 0 Å². The van der Waals surface area contributed by atoms with E-state index in [9.17, 15) is 0 Å². The molecular weight excluding hydrogens is 288 g/mol. The molecule has 0 aliphatic carbocycles. The van der Waals surface area contributed by atoms with Crippen molar-refractivity contribution in [2.24, 2.45) is 5.92 Å². The first-order chi connectivity index (χ1) is 8.70. The molecule has 1 aromatic carbocycles. The third kappa shape index (κ3) is 3.48. The van der Waals surface area contributed by atoms with Crippen LogP contribution in [-0.2, 0) is 6.54 Å². The Kier molecular flexibility index (Phi) is 5.07. The summed E-state index contributed by atoms with van der Waals surface area (Å²) in [5.74, 6) is 0.822. The molecule has 1 unspecified atom stereocenters. The summed E-state index contributed by atoms with van der Waals surface area (Å²) in [4.78, 5) is 2.48. The van der Waals surface area contributed by atoms with Crippen molar-refractivity contribution < 1.29 is 0 Å². The summed E-state index contributed by atoms with van der Waals surface area (Å²) in [6.07, 6.45) is 2.50. The van der Waals surface area contributed by atoms with Gasteiger partial charge < -0.3 is 10.2 Å². The summed E-state index contributed by atoms with van der Waals surface area (Å²) in [7, 11) is 0. The molecular formula is C15H23BrN2. The van der Waals surface area contributed by atoms with Gasteiger partial charge in [-0.2, -0.15) is 0 Å². The summed E-state index contributed by atoms with van der Waals surface area (Å²) in [6.45, 7) is 8.95. The molecule has 1 N–H and O–H groups in total. The Hall–Kier alpha value is -0.540. The zero-order valence-electron chi connectivity index (χ0n) is 11.4. The molecule has 2 rings (SSSR count). The Balaban J connectivity index is 2.01. The van der Waals surface area contributed by atoms with Gasteiger partial charge in [-0.05, 0) is 58.9 Å². The number of hydrogen-bond acceptors (Lipinski definition) is 2. The van der Waals surface area contributed by atoms with Crippen LogP contribution in [0.15, 0.2) is 22.7 Å². The average molecular weight is 311 g/mol. The Labute approximate surface area is 119 Å². The lowest BCUT2D eigenvalue weighted by Gasteiger charge is -2.20. The molecule has 0 aromatic heterocycles. The van der Waals surface area contributed by atoms with E-state index in [4.69, 9.17) is 0 Å². The standard InChI is InChI=1S/C15H23BrN2/c1-3-7-17-10-13-4-5-15(14(16)9-13)18-8-6-12(2)11-18/h4-5,9,12,17H,3,6-8,10-11H2,1-2H3. The fourth-order valence-corrected chi connectivity index (χ4v) is 3.16. The lowest BCUT2D eigenvalue weighted by atomic mass is 10.2. The number of nitrogens with one attached hydrogen (secondary N) is 1. The molecule has 0 amide bonds.